The van der Waals surface area contributed by atoms with Crippen LogP contribution in [0, 0.1) is 0 Å². The molecular formula is C21H16ClN5OS. The largest absolute Gasteiger partial charge is 0.322 e. The van der Waals surface area contributed by atoms with Crippen LogP contribution >= 0.6 is 23.4 Å². The van der Waals surface area contributed by atoms with Crippen LogP contribution in [0.25, 0.3) is 5.69 Å². The first-order valence-corrected chi connectivity index (χ1v) is 10.2. The fourth-order valence-corrected chi connectivity index (χ4v) is 3.62. The van der Waals surface area contributed by atoms with E-state index in [0.29, 0.717) is 21.4 Å². The average Bonchev–Trinajstić information content (AvgIpc) is 3.23. The standard InChI is InChI=1S/C21H16ClN5OS/c22-17-8-10-18(11-9-17)23-20(28)16-6-12-19(13-7-16)27-21(24-25-26-27)29-14-15-4-2-1-3-5-15/h1-13H,14H2,(H,23,28). The fraction of sp³-hybridized carbons (Fsp3) is 0.0476. The molecule has 29 heavy (non-hydrogen) atoms. The van der Waals surface area contributed by atoms with E-state index in [4.69, 9.17) is 11.6 Å². The molecule has 0 aliphatic rings. The first-order valence-electron chi connectivity index (χ1n) is 8.81. The Morgan fingerprint density at radius 2 is 1.69 bits per heavy atom. The number of thioether (sulfide) groups is 1. The second kappa shape index (κ2) is 8.89. The normalized spacial score (nSPS) is 10.7. The number of aromatic nitrogens is 4. The van der Waals surface area contributed by atoms with Gasteiger partial charge in [-0.15, -0.1) is 5.10 Å². The van der Waals surface area contributed by atoms with Crippen molar-refractivity contribution in [3.63, 3.8) is 0 Å². The first kappa shape index (κ1) is 19.2. The quantitative estimate of drug-likeness (QED) is 0.450. The molecule has 0 aliphatic heterocycles. The zero-order valence-corrected chi connectivity index (χ0v) is 16.8. The number of hydrogen-bond acceptors (Lipinski definition) is 5. The van der Waals surface area contributed by atoms with E-state index < -0.39 is 0 Å². The van der Waals surface area contributed by atoms with Gasteiger partial charge in [0, 0.05) is 22.0 Å². The molecular weight excluding hydrogens is 406 g/mol. The van der Waals surface area contributed by atoms with E-state index in [-0.39, 0.29) is 5.91 Å². The van der Waals surface area contributed by atoms with Gasteiger partial charge in [-0.1, -0.05) is 53.7 Å². The summed E-state index contributed by atoms with van der Waals surface area (Å²) in [5.74, 6) is 0.567. The Kier molecular flexibility index (Phi) is 5.88. The maximum absolute atomic E-state index is 12.4. The van der Waals surface area contributed by atoms with E-state index in [9.17, 15) is 4.79 Å². The third kappa shape index (κ3) is 4.82. The van der Waals surface area contributed by atoms with E-state index in [1.165, 1.54) is 5.56 Å². The predicted octanol–water partition coefficient (Wildman–Crippen LogP) is 4.86. The van der Waals surface area contributed by atoms with Crippen LogP contribution in [0.3, 0.4) is 0 Å². The number of rotatable bonds is 6. The topological polar surface area (TPSA) is 72.7 Å². The molecule has 0 fully saturated rings. The van der Waals surface area contributed by atoms with Crippen molar-refractivity contribution >= 4 is 35.0 Å². The molecule has 8 heteroatoms. The van der Waals surface area contributed by atoms with Crippen molar-refractivity contribution in [3.8, 4) is 5.69 Å². The third-order valence-corrected chi connectivity index (χ3v) is 5.37. The van der Waals surface area contributed by atoms with Gasteiger partial charge < -0.3 is 5.32 Å². The van der Waals surface area contributed by atoms with Crippen LogP contribution in [0.2, 0.25) is 5.02 Å². The van der Waals surface area contributed by atoms with Gasteiger partial charge in [-0.25, -0.2) is 0 Å². The van der Waals surface area contributed by atoms with Crippen LogP contribution in [0.5, 0.6) is 0 Å². The molecule has 0 spiro atoms. The van der Waals surface area contributed by atoms with Crippen LogP contribution in [-0.4, -0.2) is 26.1 Å². The maximum Gasteiger partial charge on any atom is 0.255 e. The molecule has 1 aromatic heterocycles. The summed E-state index contributed by atoms with van der Waals surface area (Å²) in [6.45, 7) is 0. The number of nitrogens with one attached hydrogen (secondary N) is 1. The fourth-order valence-electron chi connectivity index (χ4n) is 2.64. The molecule has 4 rings (SSSR count). The maximum atomic E-state index is 12.4. The van der Waals surface area contributed by atoms with Crippen LogP contribution in [-0.2, 0) is 5.75 Å². The molecule has 6 nitrogen and oxygen atoms in total. The van der Waals surface area contributed by atoms with E-state index in [1.807, 2.05) is 30.3 Å². The highest BCUT2D eigenvalue weighted by atomic mass is 35.5. The molecule has 0 atom stereocenters. The number of halogens is 1. The Bertz CT molecular complexity index is 1100. The lowest BCUT2D eigenvalue weighted by Crippen LogP contribution is -2.12. The van der Waals surface area contributed by atoms with Gasteiger partial charge in [-0.05, 0) is 64.5 Å². The number of amides is 1. The van der Waals surface area contributed by atoms with Crippen molar-refractivity contribution in [2.75, 3.05) is 5.32 Å². The summed E-state index contributed by atoms with van der Waals surface area (Å²) in [6.07, 6.45) is 0. The molecule has 0 aliphatic carbocycles. The highest BCUT2D eigenvalue weighted by Gasteiger charge is 2.11. The number of benzene rings is 3. The number of nitrogens with zero attached hydrogens (tertiary/aromatic N) is 4. The van der Waals surface area contributed by atoms with Crippen LogP contribution < -0.4 is 5.32 Å². The van der Waals surface area contributed by atoms with Crippen LogP contribution in [0.1, 0.15) is 15.9 Å². The molecule has 1 amide bonds. The van der Waals surface area contributed by atoms with Crippen molar-refractivity contribution in [1.82, 2.24) is 20.2 Å². The Hall–Kier alpha value is -3.16. The number of hydrogen-bond donors (Lipinski definition) is 1. The lowest BCUT2D eigenvalue weighted by molar-refractivity contribution is 0.102. The number of carbonyl (C=O) groups is 1. The summed E-state index contributed by atoms with van der Waals surface area (Å²) in [5, 5.41) is 16.1. The third-order valence-electron chi connectivity index (χ3n) is 4.13. The van der Waals surface area contributed by atoms with Gasteiger partial charge in [-0.2, -0.15) is 4.68 Å². The summed E-state index contributed by atoms with van der Waals surface area (Å²) in [7, 11) is 0. The van der Waals surface area contributed by atoms with Crippen LogP contribution in [0.4, 0.5) is 5.69 Å². The second-order valence-corrected chi connectivity index (χ2v) is 7.53. The van der Waals surface area contributed by atoms with E-state index in [2.05, 4.69) is 33.0 Å². The zero-order valence-electron chi connectivity index (χ0n) is 15.2. The van der Waals surface area contributed by atoms with Crippen molar-refractivity contribution in [2.24, 2.45) is 0 Å². The van der Waals surface area contributed by atoms with Gasteiger partial charge in [0.1, 0.15) is 0 Å². The van der Waals surface area contributed by atoms with Gasteiger partial charge in [0.05, 0.1) is 5.69 Å². The SMILES string of the molecule is O=C(Nc1ccc(Cl)cc1)c1ccc(-n2nnnc2SCc2ccccc2)cc1. The van der Waals surface area contributed by atoms with Crippen LogP contribution in [0.15, 0.2) is 84.0 Å². The molecule has 0 saturated carbocycles. The van der Waals surface area contributed by atoms with Crippen molar-refractivity contribution in [1.29, 1.82) is 0 Å². The average molecular weight is 422 g/mol. The molecule has 1 N–H and O–H groups in total. The first-order chi connectivity index (χ1) is 14.2. The van der Waals surface area contributed by atoms with Crippen molar-refractivity contribution in [3.05, 3.63) is 95.0 Å². The molecule has 1 heterocycles. The Morgan fingerprint density at radius 1 is 0.966 bits per heavy atom. The summed E-state index contributed by atoms with van der Waals surface area (Å²) >= 11 is 7.42. The highest BCUT2D eigenvalue weighted by Crippen LogP contribution is 2.23. The van der Waals surface area contributed by atoms with Gasteiger partial charge in [-0.3, -0.25) is 4.79 Å². The zero-order chi connectivity index (χ0) is 20.1. The number of carbonyl (C=O) groups excluding carboxylic acids is 1. The Morgan fingerprint density at radius 3 is 2.41 bits per heavy atom. The Balaban J connectivity index is 1.45. The minimum Gasteiger partial charge on any atom is -0.322 e. The second-order valence-electron chi connectivity index (χ2n) is 6.16. The summed E-state index contributed by atoms with van der Waals surface area (Å²) < 4.78 is 1.66. The lowest BCUT2D eigenvalue weighted by atomic mass is 10.2. The molecule has 0 unspecified atom stereocenters. The van der Waals surface area contributed by atoms with E-state index in [1.54, 1.807) is 52.8 Å². The van der Waals surface area contributed by atoms with Gasteiger partial charge in [0.15, 0.2) is 0 Å². The molecule has 144 valence electrons. The predicted molar refractivity (Wildman–Crippen MR) is 115 cm³/mol. The minimum atomic E-state index is -0.200. The summed E-state index contributed by atoms with van der Waals surface area (Å²) in [5.41, 5.74) is 3.20. The van der Waals surface area contributed by atoms with Gasteiger partial charge >= 0.3 is 0 Å². The molecule has 0 saturated heterocycles. The monoisotopic (exact) mass is 421 g/mol. The highest BCUT2D eigenvalue weighted by molar-refractivity contribution is 7.98. The van der Waals surface area contributed by atoms with Gasteiger partial charge in [0.25, 0.3) is 5.91 Å². The number of anilines is 1. The molecule has 3 aromatic carbocycles. The summed E-state index contributed by atoms with van der Waals surface area (Å²) in [6, 6.07) is 24.2. The number of tetrazole rings is 1. The van der Waals surface area contributed by atoms with E-state index in [0.717, 1.165) is 11.4 Å². The minimum absolute atomic E-state index is 0.200. The smallest absolute Gasteiger partial charge is 0.255 e. The molecule has 4 aromatic rings. The molecule has 0 bridgehead atoms. The molecule has 0 radical (unpaired) electrons. The van der Waals surface area contributed by atoms with E-state index >= 15 is 0 Å². The summed E-state index contributed by atoms with van der Waals surface area (Å²) in [4.78, 5) is 12.4. The Labute approximate surface area is 176 Å². The van der Waals surface area contributed by atoms with Gasteiger partial charge in [0.2, 0.25) is 5.16 Å². The van der Waals surface area contributed by atoms with Crippen molar-refractivity contribution in [2.45, 2.75) is 10.9 Å². The lowest BCUT2D eigenvalue weighted by Gasteiger charge is -2.07. The van der Waals surface area contributed by atoms with Crippen molar-refractivity contribution < 1.29 is 4.79 Å².